The third kappa shape index (κ3) is 4.44. The molecule has 0 saturated carbocycles. The molecule has 2 rings (SSSR count). The van der Waals surface area contributed by atoms with Crippen LogP contribution in [0.3, 0.4) is 0 Å². The number of rotatable bonds is 5. The number of hydrogen-bond donors (Lipinski definition) is 1. The summed E-state index contributed by atoms with van der Waals surface area (Å²) in [7, 11) is 1.76. The van der Waals surface area contributed by atoms with Gasteiger partial charge in [0, 0.05) is 11.9 Å². The summed E-state index contributed by atoms with van der Waals surface area (Å²) in [5.41, 5.74) is 6.19. The molecule has 0 saturated heterocycles. The van der Waals surface area contributed by atoms with Crippen molar-refractivity contribution >= 4 is 35.0 Å². The molecule has 1 amide bonds. The number of thioether (sulfide) groups is 1. The van der Waals surface area contributed by atoms with Crippen molar-refractivity contribution in [2.45, 2.75) is 18.4 Å². The Morgan fingerprint density at radius 2 is 2.14 bits per heavy atom. The van der Waals surface area contributed by atoms with Gasteiger partial charge in [0.25, 0.3) is 0 Å². The van der Waals surface area contributed by atoms with Gasteiger partial charge in [-0.25, -0.2) is 0 Å². The van der Waals surface area contributed by atoms with E-state index >= 15 is 0 Å². The van der Waals surface area contributed by atoms with Gasteiger partial charge in [0.2, 0.25) is 5.91 Å². The van der Waals surface area contributed by atoms with E-state index in [1.54, 1.807) is 24.1 Å². The van der Waals surface area contributed by atoms with Crippen molar-refractivity contribution < 1.29 is 9.21 Å². The van der Waals surface area contributed by atoms with Crippen LogP contribution in [0.2, 0.25) is 5.02 Å². The molecule has 0 atom stereocenters. The molecule has 2 aromatic rings. The van der Waals surface area contributed by atoms with Crippen LogP contribution in [0, 0.1) is 6.92 Å². The molecule has 4 nitrogen and oxygen atoms in total. The molecular weight excluding hydrogens is 308 g/mol. The molecule has 112 valence electrons. The van der Waals surface area contributed by atoms with Gasteiger partial charge in [0.15, 0.2) is 0 Å². The van der Waals surface area contributed by atoms with Crippen LogP contribution >= 0.6 is 23.4 Å². The Balaban J connectivity index is 1.87. The Kier molecular flexibility index (Phi) is 5.20. The van der Waals surface area contributed by atoms with Crippen molar-refractivity contribution in [3.05, 3.63) is 46.9 Å². The predicted octanol–water partition coefficient (Wildman–Crippen LogP) is 3.57. The standard InChI is InChI=1S/C15H17ClN2O2S/c1-10-3-4-11(20-10)8-18(2)15(19)9-21-12-5-6-14(17)13(16)7-12/h3-7H,8-9,17H2,1-2H3. The number of furan rings is 1. The average Bonchev–Trinajstić information content (AvgIpc) is 2.85. The Morgan fingerprint density at radius 3 is 2.76 bits per heavy atom. The van der Waals surface area contributed by atoms with Crippen molar-refractivity contribution in [2.75, 3.05) is 18.5 Å². The van der Waals surface area contributed by atoms with Crippen molar-refractivity contribution in [1.29, 1.82) is 0 Å². The summed E-state index contributed by atoms with van der Waals surface area (Å²) < 4.78 is 5.46. The average molecular weight is 325 g/mol. The predicted molar refractivity (Wildman–Crippen MR) is 86.5 cm³/mol. The third-order valence-corrected chi connectivity index (χ3v) is 4.25. The van der Waals surface area contributed by atoms with Crippen LogP contribution in [0.4, 0.5) is 5.69 Å². The summed E-state index contributed by atoms with van der Waals surface area (Å²) in [6.07, 6.45) is 0. The summed E-state index contributed by atoms with van der Waals surface area (Å²) in [4.78, 5) is 14.6. The molecule has 1 aromatic carbocycles. The Hall–Kier alpha value is -1.59. The van der Waals surface area contributed by atoms with Crippen molar-refractivity contribution in [1.82, 2.24) is 4.90 Å². The second kappa shape index (κ2) is 6.91. The number of halogens is 1. The van der Waals surface area contributed by atoms with E-state index in [9.17, 15) is 4.79 Å². The van der Waals surface area contributed by atoms with Crippen LogP contribution in [0.1, 0.15) is 11.5 Å². The normalized spacial score (nSPS) is 10.6. The molecule has 2 N–H and O–H groups in total. The van der Waals surface area contributed by atoms with E-state index in [-0.39, 0.29) is 5.91 Å². The van der Waals surface area contributed by atoms with Crippen LogP contribution < -0.4 is 5.73 Å². The number of amides is 1. The molecule has 6 heteroatoms. The molecular formula is C15H17ClN2O2S. The van der Waals surface area contributed by atoms with Gasteiger partial charge < -0.3 is 15.1 Å². The number of benzene rings is 1. The molecule has 21 heavy (non-hydrogen) atoms. The second-order valence-electron chi connectivity index (χ2n) is 4.73. The van der Waals surface area contributed by atoms with Crippen LogP contribution in [0.15, 0.2) is 39.6 Å². The highest BCUT2D eigenvalue weighted by Gasteiger charge is 2.12. The summed E-state index contributed by atoms with van der Waals surface area (Å²) in [6.45, 7) is 2.35. The lowest BCUT2D eigenvalue weighted by molar-refractivity contribution is -0.127. The monoisotopic (exact) mass is 324 g/mol. The van der Waals surface area contributed by atoms with Gasteiger partial charge in [-0.1, -0.05) is 11.6 Å². The fraction of sp³-hybridized carbons (Fsp3) is 0.267. The summed E-state index contributed by atoms with van der Waals surface area (Å²) in [6, 6.07) is 9.13. The van der Waals surface area contributed by atoms with Crippen molar-refractivity contribution in [3.63, 3.8) is 0 Å². The van der Waals surface area contributed by atoms with Gasteiger partial charge in [-0.3, -0.25) is 4.79 Å². The maximum atomic E-state index is 12.1. The van der Waals surface area contributed by atoms with Gasteiger partial charge >= 0.3 is 0 Å². The van der Waals surface area contributed by atoms with E-state index in [0.29, 0.717) is 23.0 Å². The fourth-order valence-electron chi connectivity index (χ4n) is 1.74. The molecule has 0 aliphatic carbocycles. The van der Waals surface area contributed by atoms with Gasteiger partial charge in [0.1, 0.15) is 11.5 Å². The number of carbonyl (C=O) groups is 1. The van der Waals surface area contributed by atoms with E-state index in [4.69, 9.17) is 21.8 Å². The molecule has 0 aliphatic heterocycles. The first-order chi connectivity index (χ1) is 9.95. The minimum atomic E-state index is 0.0296. The first-order valence-corrected chi connectivity index (χ1v) is 7.79. The highest BCUT2D eigenvalue weighted by atomic mass is 35.5. The van der Waals surface area contributed by atoms with Crippen molar-refractivity contribution in [3.8, 4) is 0 Å². The van der Waals surface area contributed by atoms with E-state index < -0.39 is 0 Å². The zero-order valence-electron chi connectivity index (χ0n) is 11.9. The van der Waals surface area contributed by atoms with E-state index in [2.05, 4.69) is 0 Å². The topological polar surface area (TPSA) is 59.5 Å². The van der Waals surface area contributed by atoms with Gasteiger partial charge in [0.05, 0.1) is 23.0 Å². The number of nitrogen functional groups attached to an aromatic ring is 1. The third-order valence-electron chi connectivity index (χ3n) is 2.95. The molecule has 0 bridgehead atoms. The maximum absolute atomic E-state index is 12.1. The molecule has 1 heterocycles. The minimum Gasteiger partial charge on any atom is -0.464 e. The second-order valence-corrected chi connectivity index (χ2v) is 6.19. The molecule has 0 radical (unpaired) electrons. The van der Waals surface area contributed by atoms with Gasteiger partial charge in [-0.05, 0) is 37.3 Å². The smallest absolute Gasteiger partial charge is 0.233 e. The zero-order valence-corrected chi connectivity index (χ0v) is 13.5. The largest absolute Gasteiger partial charge is 0.464 e. The van der Waals surface area contributed by atoms with Gasteiger partial charge in [-0.2, -0.15) is 0 Å². The number of aryl methyl sites for hydroxylation is 1. The Labute approximate surface area is 133 Å². The lowest BCUT2D eigenvalue weighted by Crippen LogP contribution is -2.27. The highest BCUT2D eigenvalue weighted by molar-refractivity contribution is 8.00. The lowest BCUT2D eigenvalue weighted by Gasteiger charge is -2.15. The first kappa shape index (κ1) is 15.8. The fourth-order valence-corrected chi connectivity index (χ4v) is 2.87. The first-order valence-electron chi connectivity index (χ1n) is 6.43. The zero-order chi connectivity index (χ0) is 15.4. The van der Waals surface area contributed by atoms with E-state index in [1.165, 1.54) is 11.8 Å². The number of carbonyl (C=O) groups excluding carboxylic acids is 1. The van der Waals surface area contributed by atoms with Crippen molar-refractivity contribution in [2.24, 2.45) is 0 Å². The quantitative estimate of drug-likeness (QED) is 0.674. The summed E-state index contributed by atoms with van der Waals surface area (Å²) in [5.74, 6) is 2.00. The van der Waals surface area contributed by atoms with Crippen LogP contribution in [-0.4, -0.2) is 23.6 Å². The van der Waals surface area contributed by atoms with Crippen LogP contribution in [0.5, 0.6) is 0 Å². The summed E-state index contributed by atoms with van der Waals surface area (Å²) >= 11 is 7.39. The lowest BCUT2D eigenvalue weighted by atomic mass is 10.3. The van der Waals surface area contributed by atoms with E-state index in [1.807, 2.05) is 25.1 Å². The number of nitrogens with zero attached hydrogens (tertiary/aromatic N) is 1. The molecule has 0 fully saturated rings. The van der Waals surface area contributed by atoms with Crippen LogP contribution in [-0.2, 0) is 11.3 Å². The molecule has 0 spiro atoms. The Morgan fingerprint density at radius 1 is 1.38 bits per heavy atom. The minimum absolute atomic E-state index is 0.0296. The molecule has 0 unspecified atom stereocenters. The highest BCUT2D eigenvalue weighted by Crippen LogP contribution is 2.26. The molecule has 1 aromatic heterocycles. The number of nitrogens with two attached hydrogens (primary N) is 1. The number of anilines is 1. The maximum Gasteiger partial charge on any atom is 0.233 e. The van der Waals surface area contributed by atoms with E-state index in [0.717, 1.165) is 16.4 Å². The molecule has 0 aliphatic rings. The number of hydrogen-bond acceptors (Lipinski definition) is 4. The van der Waals surface area contributed by atoms with Gasteiger partial charge in [-0.15, -0.1) is 11.8 Å². The Bertz CT molecular complexity index is 642. The SMILES string of the molecule is Cc1ccc(CN(C)C(=O)CSc2ccc(N)c(Cl)c2)o1. The van der Waals surface area contributed by atoms with Crippen LogP contribution in [0.25, 0.3) is 0 Å². The summed E-state index contributed by atoms with van der Waals surface area (Å²) in [5, 5.41) is 0.506.